The molecule has 2 N–H and O–H groups in total. The van der Waals surface area contributed by atoms with Crippen molar-refractivity contribution in [2.45, 2.75) is 78.4 Å². The number of carboxylic acid groups (broad SMARTS) is 2. The van der Waals surface area contributed by atoms with Crippen LogP contribution in [0.15, 0.2) is 73.2 Å². The molecule has 14 heteroatoms. The number of ether oxygens (including phenoxy) is 5. The maximum atomic E-state index is 11.8. The zero-order valence-electron chi connectivity index (χ0n) is 32.0. The van der Waals surface area contributed by atoms with Gasteiger partial charge in [-0.15, -0.1) is 0 Å². The van der Waals surface area contributed by atoms with Gasteiger partial charge >= 0.3 is 18.1 Å². The molecular formula is C39H56O14. The van der Waals surface area contributed by atoms with Gasteiger partial charge in [0.15, 0.2) is 0 Å². The summed E-state index contributed by atoms with van der Waals surface area (Å²) in [7, 11) is 0. The first-order valence-electron chi connectivity index (χ1n) is 17.3. The third-order valence-corrected chi connectivity index (χ3v) is 7.27. The molecule has 0 unspecified atom stereocenters. The van der Waals surface area contributed by atoms with Gasteiger partial charge in [-0.1, -0.05) is 76.2 Å². The third kappa shape index (κ3) is 21.6. The van der Waals surface area contributed by atoms with Crippen molar-refractivity contribution in [2.24, 2.45) is 0 Å². The summed E-state index contributed by atoms with van der Waals surface area (Å²) in [6.45, 7) is 18.0. The van der Waals surface area contributed by atoms with Crippen LogP contribution in [0.4, 0.5) is 4.79 Å². The Labute approximate surface area is 312 Å². The number of carbonyl (C=O) groups is 3. The van der Waals surface area contributed by atoms with Crippen LogP contribution in [0.1, 0.15) is 89.5 Å². The zero-order chi connectivity index (χ0) is 39.7. The molecule has 2 aromatic carbocycles. The van der Waals surface area contributed by atoms with E-state index in [2.05, 4.69) is 52.0 Å². The lowest BCUT2D eigenvalue weighted by Gasteiger charge is -2.23. The highest BCUT2D eigenvalue weighted by molar-refractivity contribution is 5.81. The quantitative estimate of drug-likeness (QED) is 0.0272. The van der Waals surface area contributed by atoms with Crippen molar-refractivity contribution < 1.29 is 67.8 Å². The van der Waals surface area contributed by atoms with Gasteiger partial charge in [-0.2, -0.15) is 9.78 Å². The first-order valence-corrected chi connectivity index (χ1v) is 17.3. The van der Waals surface area contributed by atoms with Crippen LogP contribution < -0.4 is 0 Å². The van der Waals surface area contributed by atoms with Gasteiger partial charge in [0.05, 0.1) is 51.8 Å². The topological polar surface area (TPSA) is 175 Å². The molecule has 0 radical (unpaired) electrons. The second-order valence-corrected chi connectivity index (χ2v) is 13.0. The Morgan fingerprint density at radius 1 is 0.547 bits per heavy atom. The zero-order valence-corrected chi connectivity index (χ0v) is 32.0. The van der Waals surface area contributed by atoms with Gasteiger partial charge in [0.2, 0.25) is 0 Å². The number of carbonyl (C=O) groups excluding carboxylic acids is 2. The molecule has 0 atom stereocenters. The van der Waals surface area contributed by atoms with Crippen molar-refractivity contribution in [2.75, 3.05) is 52.9 Å². The summed E-state index contributed by atoms with van der Waals surface area (Å²) in [5.41, 5.74) is 2.98. The van der Waals surface area contributed by atoms with Gasteiger partial charge < -0.3 is 43.7 Å². The Morgan fingerprint density at radius 2 is 0.830 bits per heavy atom. The van der Waals surface area contributed by atoms with Crippen molar-refractivity contribution in [3.63, 3.8) is 0 Å². The van der Waals surface area contributed by atoms with Gasteiger partial charge in [-0.25, -0.2) is 14.4 Å². The highest BCUT2D eigenvalue weighted by Crippen LogP contribution is 2.28. The predicted octanol–water partition coefficient (Wildman–Crippen LogP) is 7.39. The molecule has 0 aliphatic heterocycles. The Hall–Kier alpha value is -4.47. The normalized spacial score (nSPS) is 11.8. The lowest BCUT2D eigenvalue weighted by molar-refractivity contribution is -0.321. The highest BCUT2D eigenvalue weighted by Gasteiger charge is 2.24. The van der Waals surface area contributed by atoms with E-state index in [0.29, 0.717) is 38.3 Å². The number of benzene rings is 2. The molecule has 0 heterocycles. The van der Waals surface area contributed by atoms with E-state index in [1.165, 1.54) is 11.1 Å². The fourth-order valence-corrected chi connectivity index (χ4v) is 4.14. The molecule has 14 nitrogen and oxygen atoms in total. The van der Waals surface area contributed by atoms with E-state index in [1.807, 2.05) is 52.0 Å². The minimum Gasteiger partial charge on any atom is -0.460 e. The smallest absolute Gasteiger partial charge is 0.460 e. The average molecular weight is 749 g/mol. The molecule has 296 valence electrons. The van der Waals surface area contributed by atoms with Crippen LogP contribution in [0.2, 0.25) is 0 Å². The first kappa shape index (κ1) is 46.6. The molecule has 0 aliphatic rings. The fourth-order valence-electron chi connectivity index (χ4n) is 4.14. The first-order chi connectivity index (χ1) is 25.0. The predicted molar refractivity (Wildman–Crippen MR) is 195 cm³/mol. The SMILES string of the molecule is CC(C)c1ccc(C(C)(C)OOC=CC(=O)OCCOCCOCCOCCOC(=O)C=COOC(C)(C)c2ccc(C(C)C)cc2)cc1.O=C(O)O. The summed E-state index contributed by atoms with van der Waals surface area (Å²) in [4.78, 5) is 53.4. The summed E-state index contributed by atoms with van der Waals surface area (Å²) in [6, 6.07) is 16.3. The van der Waals surface area contributed by atoms with Gasteiger partial charge in [0.1, 0.15) is 36.9 Å². The van der Waals surface area contributed by atoms with Crippen LogP contribution in [0, 0.1) is 0 Å². The van der Waals surface area contributed by atoms with Crippen molar-refractivity contribution in [1.82, 2.24) is 0 Å². The number of esters is 2. The van der Waals surface area contributed by atoms with E-state index in [-0.39, 0.29) is 26.4 Å². The van der Waals surface area contributed by atoms with Gasteiger partial charge in [0, 0.05) is 0 Å². The van der Waals surface area contributed by atoms with Crippen LogP contribution in [0.5, 0.6) is 0 Å². The summed E-state index contributed by atoms with van der Waals surface area (Å²) < 4.78 is 26.3. The maximum absolute atomic E-state index is 11.8. The monoisotopic (exact) mass is 748 g/mol. The Bertz CT molecular complexity index is 1280. The minimum atomic E-state index is -1.83. The van der Waals surface area contributed by atoms with Crippen LogP contribution in [-0.2, 0) is 64.0 Å². The third-order valence-electron chi connectivity index (χ3n) is 7.27. The molecule has 0 amide bonds. The van der Waals surface area contributed by atoms with E-state index in [9.17, 15) is 9.59 Å². The summed E-state index contributed by atoms with van der Waals surface area (Å²) in [6.07, 6.45) is 2.73. The van der Waals surface area contributed by atoms with E-state index in [4.69, 9.17) is 58.2 Å². The molecule has 53 heavy (non-hydrogen) atoms. The fraction of sp³-hybridized carbons (Fsp3) is 0.513. The Kier molecular flexibility index (Phi) is 22.4. The maximum Gasteiger partial charge on any atom is 0.503 e. The highest BCUT2D eigenvalue weighted by atomic mass is 17.2. The molecular weight excluding hydrogens is 692 g/mol. The standard InChI is InChI=1S/C38H54O11.CH2O3/c1-29(2)31-9-13-33(14-10-31)37(5,6)48-46-19-17-35(39)44-27-25-42-23-21-41-22-24-43-26-28-45-36(40)18-20-47-49-38(7,8)34-15-11-32(12-16-34)30(3)4;2-1(3)4/h9-20,29-30H,21-28H2,1-8H3;(H2,2,3,4). The second-order valence-electron chi connectivity index (χ2n) is 13.0. The summed E-state index contributed by atoms with van der Waals surface area (Å²) in [5.74, 6) is -0.263. The molecule has 0 saturated heterocycles. The van der Waals surface area contributed by atoms with Crippen LogP contribution in [-0.4, -0.2) is 81.2 Å². The van der Waals surface area contributed by atoms with Crippen LogP contribution in [0.3, 0.4) is 0 Å². The molecule has 0 fully saturated rings. The lowest BCUT2D eigenvalue weighted by atomic mass is 9.94. The van der Waals surface area contributed by atoms with Crippen molar-refractivity contribution >= 4 is 18.1 Å². The Balaban J connectivity index is 0.00000333. The molecule has 2 aromatic rings. The molecule has 0 bridgehead atoms. The van der Waals surface area contributed by atoms with Crippen molar-refractivity contribution in [3.8, 4) is 0 Å². The van der Waals surface area contributed by atoms with E-state index in [1.54, 1.807) is 0 Å². The van der Waals surface area contributed by atoms with Gasteiger partial charge in [-0.3, -0.25) is 0 Å². The van der Waals surface area contributed by atoms with E-state index in [0.717, 1.165) is 35.8 Å². The van der Waals surface area contributed by atoms with E-state index < -0.39 is 29.3 Å². The Morgan fingerprint density at radius 3 is 1.11 bits per heavy atom. The molecule has 0 aromatic heterocycles. The summed E-state index contributed by atoms with van der Waals surface area (Å²) >= 11 is 0. The van der Waals surface area contributed by atoms with Crippen LogP contribution in [0.25, 0.3) is 0 Å². The van der Waals surface area contributed by atoms with Gasteiger partial charge in [-0.05, 0) is 61.8 Å². The average Bonchev–Trinajstić information content (AvgIpc) is 3.10. The number of rotatable bonds is 24. The largest absolute Gasteiger partial charge is 0.503 e. The summed E-state index contributed by atoms with van der Waals surface area (Å²) in [5, 5.41) is 13.9. The van der Waals surface area contributed by atoms with Crippen molar-refractivity contribution in [1.29, 1.82) is 0 Å². The number of hydrogen-bond donors (Lipinski definition) is 2. The number of hydrogen-bond acceptors (Lipinski definition) is 12. The molecule has 0 spiro atoms. The van der Waals surface area contributed by atoms with E-state index >= 15 is 0 Å². The lowest BCUT2D eigenvalue weighted by Crippen LogP contribution is -2.21. The minimum absolute atomic E-state index is 0.0822. The van der Waals surface area contributed by atoms with Crippen LogP contribution >= 0.6 is 0 Å². The molecule has 0 saturated carbocycles. The second kappa shape index (κ2) is 25.5. The molecule has 2 rings (SSSR count). The van der Waals surface area contributed by atoms with Crippen molar-refractivity contribution in [3.05, 3.63) is 95.5 Å². The molecule has 0 aliphatic carbocycles. The van der Waals surface area contributed by atoms with Gasteiger partial charge in [0.25, 0.3) is 0 Å².